The number of methoxy groups -OCH3 is 2. The van der Waals surface area contributed by atoms with Crippen LogP contribution in [0.3, 0.4) is 0 Å². The highest BCUT2D eigenvalue weighted by Crippen LogP contribution is 2.37. The monoisotopic (exact) mass is 314 g/mol. The van der Waals surface area contributed by atoms with Crippen molar-refractivity contribution in [1.82, 2.24) is 10.6 Å². The number of carbonyl (C=O) groups is 1. The maximum atomic E-state index is 11.7. The van der Waals surface area contributed by atoms with Crippen LogP contribution < -0.4 is 20.1 Å². The summed E-state index contributed by atoms with van der Waals surface area (Å²) in [5.41, 5.74) is 0.402. The Balaban J connectivity index is 2.75. The number of amides is 1. The largest absolute Gasteiger partial charge is 0.493 e. The van der Waals surface area contributed by atoms with E-state index in [-0.39, 0.29) is 5.91 Å². The van der Waals surface area contributed by atoms with Crippen LogP contribution in [-0.2, 0) is 11.3 Å². The van der Waals surface area contributed by atoms with Crippen molar-refractivity contribution in [3.8, 4) is 11.5 Å². The molecule has 1 aromatic rings. The van der Waals surface area contributed by atoms with Crippen LogP contribution in [0.2, 0.25) is 5.02 Å². The van der Waals surface area contributed by atoms with Crippen molar-refractivity contribution in [2.24, 2.45) is 5.41 Å². The van der Waals surface area contributed by atoms with Crippen LogP contribution in [0.5, 0.6) is 11.5 Å². The highest BCUT2D eigenvalue weighted by molar-refractivity contribution is 6.33. The molecule has 6 heteroatoms. The van der Waals surface area contributed by atoms with Crippen molar-refractivity contribution in [3.05, 3.63) is 22.7 Å². The predicted molar refractivity (Wildman–Crippen MR) is 84.1 cm³/mol. The number of rotatable bonds is 7. The zero-order valence-electron chi connectivity index (χ0n) is 13.2. The lowest BCUT2D eigenvalue weighted by Gasteiger charge is -2.23. The predicted octanol–water partition coefficient (Wildman–Crippen LogP) is 2.22. The van der Waals surface area contributed by atoms with Crippen LogP contribution in [0.25, 0.3) is 0 Å². The van der Waals surface area contributed by atoms with Gasteiger partial charge in [0.2, 0.25) is 5.91 Å². The molecule has 0 saturated carbocycles. The molecule has 0 atom stereocenters. The van der Waals surface area contributed by atoms with E-state index in [1.165, 1.54) is 0 Å². The summed E-state index contributed by atoms with van der Waals surface area (Å²) in [5.74, 6) is 1.11. The second-order valence-corrected chi connectivity index (χ2v) is 5.72. The first kappa shape index (κ1) is 17.6. The van der Waals surface area contributed by atoms with Gasteiger partial charge in [-0.15, -0.1) is 0 Å². The van der Waals surface area contributed by atoms with E-state index in [1.54, 1.807) is 21.3 Å². The Morgan fingerprint density at radius 1 is 1.29 bits per heavy atom. The van der Waals surface area contributed by atoms with Gasteiger partial charge in [0, 0.05) is 20.1 Å². The maximum absolute atomic E-state index is 11.7. The SMILES string of the molecule is CNC(=O)C(C)(C)CNCc1ccc(OC)c(OC)c1Cl. The average molecular weight is 315 g/mol. The number of hydrogen-bond acceptors (Lipinski definition) is 4. The molecule has 118 valence electrons. The minimum Gasteiger partial charge on any atom is -0.493 e. The second-order valence-electron chi connectivity index (χ2n) is 5.34. The minimum absolute atomic E-state index is 0.00610. The highest BCUT2D eigenvalue weighted by Gasteiger charge is 2.26. The van der Waals surface area contributed by atoms with E-state index >= 15 is 0 Å². The van der Waals surface area contributed by atoms with Gasteiger partial charge in [-0.05, 0) is 25.5 Å². The van der Waals surface area contributed by atoms with Crippen LogP contribution in [0, 0.1) is 5.41 Å². The summed E-state index contributed by atoms with van der Waals surface area (Å²) in [6.07, 6.45) is 0. The summed E-state index contributed by atoms with van der Waals surface area (Å²) in [7, 11) is 4.75. The lowest BCUT2D eigenvalue weighted by molar-refractivity contribution is -0.128. The van der Waals surface area contributed by atoms with Crippen molar-refractivity contribution in [3.63, 3.8) is 0 Å². The van der Waals surface area contributed by atoms with Crippen LogP contribution in [0.15, 0.2) is 12.1 Å². The van der Waals surface area contributed by atoms with E-state index in [1.807, 2.05) is 26.0 Å². The Hall–Kier alpha value is -1.46. The zero-order chi connectivity index (χ0) is 16.0. The maximum Gasteiger partial charge on any atom is 0.226 e. The number of ether oxygens (including phenoxy) is 2. The van der Waals surface area contributed by atoms with Gasteiger partial charge in [0.15, 0.2) is 11.5 Å². The molecule has 1 rings (SSSR count). The molecule has 1 amide bonds. The number of benzene rings is 1. The summed E-state index contributed by atoms with van der Waals surface area (Å²) in [6.45, 7) is 4.85. The molecule has 0 spiro atoms. The number of nitrogens with one attached hydrogen (secondary N) is 2. The summed E-state index contributed by atoms with van der Waals surface area (Å²) >= 11 is 6.31. The Labute approximate surface area is 131 Å². The van der Waals surface area contributed by atoms with Gasteiger partial charge in [0.1, 0.15) is 0 Å². The topological polar surface area (TPSA) is 59.6 Å². The quantitative estimate of drug-likeness (QED) is 0.810. The third-order valence-electron chi connectivity index (χ3n) is 3.29. The second kappa shape index (κ2) is 7.52. The molecule has 21 heavy (non-hydrogen) atoms. The van der Waals surface area contributed by atoms with Crippen molar-refractivity contribution in [2.45, 2.75) is 20.4 Å². The molecular weight excluding hydrogens is 292 g/mol. The first-order valence-corrected chi connectivity index (χ1v) is 7.07. The average Bonchev–Trinajstić information content (AvgIpc) is 2.47. The van der Waals surface area contributed by atoms with Crippen molar-refractivity contribution < 1.29 is 14.3 Å². The van der Waals surface area contributed by atoms with Crippen LogP contribution in [0.4, 0.5) is 0 Å². The van der Waals surface area contributed by atoms with E-state index in [0.29, 0.717) is 29.6 Å². The van der Waals surface area contributed by atoms with Gasteiger partial charge in [-0.3, -0.25) is 4.79 Å². The molecule has 0 heterocycles. The Morgan fingerprint density at radius 2 is 1.95 bits per heavy atom. The standard InChI is InChI=1S/C15H23ClN2O3/c1-15(2,14(19)17-3)9-18-8-10-6-7-11(20-4)13(21-5)12(10)16/h6-7,18H,8-9H2,1-5H3,(H,17,19). The lowest BCUT2D eigenvalue weighted by atomic mass is 9.92. The van der Waals surface area contributed by atoms with Gasteiger partial charge in [-0.2, -0.15) is 0 Å². The molecule has 0 aliphatic carbocycles. The third kappa shape index (κ3) is 4.25. The fourth-order valence-corrected chi connectivity index (χ4v) is 2.30. The van der Waals surface area contributed by atoms with E-state index < -0.39 is 5.41 Å². The number of hydrogen-bond donors (Lipinski definition) is 2. The molecule has 2 N–H and O–H groups in total. The minimum atomic E-state index is -0.488. The summed E-state index contributed by atoms with van der Waals surface area (Å²) in [5, 5.41) is 6.42. The Morgan fingerprint density at radius 3 is 2.48 bits per heavy atom. The molecule has 0 aromatic heterocycles. The van der Waals surface area contributed by atoms with E-state index in [4.69, 9.17) is 21.1 Å². The molecule has 5 nitrogen and oxygen atoms in total. The van der Waals surface area contributed by atoms with Crippen LogP contribution in [0.1, 0.15) is 19.4 Å². The molecule has 0 aliphatic rings. The normalized spacial score (nSPS) is 11.1. The Kier molecular flexibility index (Phi) is 6.30. The fraction of sp³-hybridized carbons (Fsp3) is 0.533. The van der Waals surface area contributed by atoms with Crippen molar-refractivity contribution >= 4 is 17.5 Å². The first-order valence-electron chi connectivity index (χ1n) is 6.69. The van der Waals surface area contributed by atoms with Crippen molar-refractivity contribution in [2.75, 3.05) is 27.8 Å². The Bertz CT molecular complexity index is 504. The summed E-state index contributed by atoms with van der Waals surface area (Å²) in [6, 6.07) is 3.69. The molecule has 1 aromatic carbocycles. The third-order valence-corrected chi connectivity index (χ3v) is 3.70. The smallest absolute Gasteiger partial charge is 0.226 e. The van der Waals surface area contributed by atoms with Gasteiger partial charge in [-0.1, -0.05) is 17.7 Å². The van der Waals surface area contributed by atoms with Gasteiger partial charge < -0.3 is 20.1 Å². The van der Waals surface area contributed by atoms with Crippen molar-refractivity contribution in [1.29, 1.82) is 0 Å². The number of halogens is 1. The van der Waals surface area contributed by atoms with Gasteiger partial charge in [0.05, 0.1) is 24.7 Å². The molecule has 0 aliphatic heterocycles. The van der Waals surface area contributed by atoms with Gasteiger partial charge in [-0.25, -0.2) is 0 Å². The van der Waals surface area contributed by atoms with E-state index in [9.17, 15) is 4.79 Å². The van der Waals surface area contributed by atoms with E-state index in [2.05, 4.69) is 10.6 Å². The zero-order valence-corrected chi connectivity index (χ0v) is 13.9. The van der Waals surface area contributed by atoms with Crippen LogP contribution in [-0.4, -0.2) is 33.7 Å². The fourth-order valence-electron chi connectivity index (χ4n) is 1.99. The highest BCUT2D eigenvalue weighted by atomic mass is 35.5. The number of carbonyl (C=O) groups excluding carboxylic acids is 1. The molecule has 0 unspecified atom stereocenters. The lowest BCUT2D eigenvalue weighted by Crippen LogP contribution is -2.41. The molecule has 0 saturated heterocycles. The van der Waals surface area contributed by atoms with E-state index in [0.717, 1.165) is 5.56 Å². The molecular formula is C15H23ClN2O3. The first-order chi connectivity index (χ1) is 9.87. The summed E-state index contributed by atoms with van der Waals surface area (Å²) in [4.78, 5) is 11.7. The van der Waals surface area contributed by atoms with Gasteiger partial charge in [0.25, 0.3) is 0 Å². The van der Waals surface area contributed by atoms with Crippen LogP contribution >= 0.6 is 11.6 Å². The van der Waals surface area contributed by atoms with Gasteiger partial charge >= 0.3 is 0 Å². The molecule has 0 fully saturated rings. The summed E-state index contributed by atoms with van der Waals surface area (Å²) < 4.78 is 10.5. The molecule has 0 bridgehead atoms. The molecule has 0 radical (unpaired) electrons.